The van der Waals surface area contributed by atoms with Gasteiger partial charge in [0.25, 0.3) is 0 Å². The number of carbonyl (C=O) groups is 1. The number of anilines is 1. The predicted molar refractivity (Wildman–Crippen MR) is 156 cm³/mol. The number of thiophene rings is 1. The third-order valence-electron chi connectivity index (χ3n) is 6.14. The van der Waals surface area contributed by atoms with Crippen LogP contribution in [0.2, 0.25) is 0 Å². The first-order valence-corrected chi connectivity index (χ1v) is 14.5. The van der Waals surface area contributed by atoms with Crippen LogP contribution in [-0.2, 0) is 16.0 Å². The van der Waals surface area contributed by atoms with E-state index in [1.54, 1.807) is 0 Å². The van der Waals surface area contributed by atoms with Crippen LogP contribution in [0.3, 0.4) is 0 Å². The van der Waals surface area contributed by atoms with Crippen LogP contribution in [0.4, 0.5) is 27.2 Å². The van der Waals surface area contributed by atoms with Crippen molar-refractivity contribution in [1.82, 2.24) is 4.98 Å². The molecule has 0 aliphatic heterocycles. The Morgan fingerprint density at radius 2 is 1.58 bits per heavy atom. The molecule has 0 saturated carbocycles. The predicted octanol–water partition coefficient (Wildman–Crippen LogP) is 9.17. The molecule has 1 atom stereocenters. The van der Waals surface area contributed by atoms with Crippen molar-refractivity contribution in [2.45, 2.75) is 40.5 Å². The molecule has 4 rings (SSSR count). The van der Waals surface area contributed by atoms with E-state index in [9.17, 15) is 4.79 Å². The molecule has 0 saturated heterocycles. The van der Waals surface area contributed by atoms with E-state index in [2.05, 4.69) is 56.3 Å². The minimum Gasteiger partial charge on any atom is -0.465 e. The SMILES string of the molecule is CCC(C)C(=O)OCCc1ccc(N=Nc2cc3sc(N=Nc4ccc(N(CC)CC)cc4)nc3s2)cc1. The van der Waals surface area contributed by atoms with Crippen molar-refractivity contribution in [3.05, 3.63) is 60.2 Å². The molecule has 0 bridgehead atoms. The first-order chi connectivity index (χ1) is 18.5. The summed E-state index contributed by atoms with van der Waals surface area (Å²) in [6, 6.07) is 17.8. The van der Waals surface area contributed by atoms with E-state index in [0.717, 1.165) is 51.0 Å². The zero-order valence-electron chi connectivity index (χ0n) is 22.1. The van der Waals surface area contributed by atoms with Crippen molar-refractivity contribution in [3.63, 3.8) is 0 Å². The second-order valence-electron chi connectivity index (χ2n) is 8.73. The fraction of sp³-hybridized carbons (Fsp3) is 0.357. The Morgan fingerprint density at radius 1 is 0.921 bits per heavy atom. The van der Waals surface area contributed by atoms with Gasteiger partial charge in [-0.1, -0.05) is 48.7 Å². The Labute approximate surface area is 231 Å². The molecule has 0 N–H and O–H groups in total. The average Bonchev–Trinajstić information content (AvgIpc) is 3.51. The Hall–Kier alpha value is -3.50. The maximum atomic E-state index is 11.8. The van der Waals surface area contributed by atoms with Crippen LogP contribution in [0, 0.1) is 5.92 Å². The van der Waals surface area contributed by atoms with Crippen LogP contribution in [0.15, 0.2) is 75.1 Å². The molecule has 0 spiro atoms. The molecule has 2 aromatic heterocycles. The number of aromatic nitrogens is 1. The second kappa shape index (κ2) is 13.3. The molecule has 2 heterocycles. The largest absolute Gasteiger partial charge is 0.465 e. The fourth-order valence-corrected chi connectivity index (χ4v) is 5.49. The summed E-state index contributed by atoms with van der Waals surface area (Å²) in [4.78, 5) is 19.5. The highest BCUT2D eigenvalue weighted by atomic mass is 32.1. The molecular weight excluding hydrogens is 516 g/mol. The molecule has 0 radical (unpaired) electrons. The van der Waals surface area contributed by atoms with Gasteiger partial charge in [-0.3, -0.25) is 4.79 Å². The van der Waals surface area contributed by atoms with Gasteiger partial charge < -0.3 is 9.64 Å². The highest BCUT2D eigenvalue weighted by Gasteiger charge is 2.11. The van der Waals surface area contributed by atoms with E-state index in [-0.39, 0.29) is 11.9 Å². The molecule has 10 heteroatoms. The number of carbonyl (C=O) groups excluding carboxylic acids is 1. The van der Waals surface area contributed by atoms with Gasteiger partial charge in [-0.25, -0.2) is 4.98 Å². The summed E-state index contributed by atoms with van der Waals surface area (Å²) in [5.74, 6) is -0.198. The third-order valence-corrected chi connectivity index (χ3v) is 8.07. The molecule has 1 unspecified atom stereocenters. The maximum Gasteiger partial charge on any atom is 0.308 e. The monoisotopic (exact) mass is 548 g/mol. The molecule has 0 fully saturated rings. The maximum absolute atomic E-state index is 11.8. The molecule has 2 aromatic carbocycles. The number of nitrogens with zero attached hydrogens (tertiary/aromatic N) is 6. The third kappa shape index (κ3) is 7.29. The van der Waals surface area contributed by atoms with E-state index >= 15 is 0 Å². The number of hydrogen-bond donors (Lipinski definition) is 0. The molecule has 0 aliphatic rings. The first-order valence-electron chi connectivity index (χ1n) is 12.8. The second-order valence-corrected chi connectivity index (χ2v) is 10.8. The van der Waals surface area contributed by atoms with Gasteiger partial charge in [-0.15, -0.1) is 20.5 Å². The van der Waals surface area contributed by atoms with Gasteiger partial charge in [0.15, 0.2) is 0 Å². The minimum atomic E-state index is -0.140. The summed E-state index contributed by atoms with van der Waals surface area (Å²) in [5, 5.41) is 18.8. The highest BCUT2D eigenvalue weighted by molar-refractivity contribution is 7.30. The normalized spacial score (nSPS) is 12.5. The quantitative estimate of drug-likeness (QED) is 0.130. The van der Waals surface area contributed by atoms with Crippen molar-refractivity contribution in [3.8, 4) is 0 Å². The van der Waals surface area contributed by atoms with Gasteiger partial charge in [0, 0.05) is 25.2 Å². The lowest BCUT2D eigenvalue weighted by molar-refractivity contribution is -0.147. The zero-order chi connectivity index (χ0) is 26.9. The Balaban J connectivity index is 1.31. The summed E-state index contributed by atoms with van der Waals surface area (Å²) in [5.41, 5.74) is 3.83. The molecule has 0 amide bonds. The van der Waals surface area contributed by atoms with Crippen molar-refractivity contribution in [1.29, 1.82) is 0 Å². The van der Waals surface area contributed by atoms with Gasteiger partial charge in [0.1, 0.15) is 9.83 Å². The fourth-order valence-electron chi connectivity index (χ4n) is 3.64. The van der Waals surface area contributed by atoms with Gasteiger partial charge in [-0.2, -0.15) is 0 Å². The van der Waals surface area contributed by atoms with Gasteiger partial charge in [-0.05, 0) is 68.3 Å². The van der Waals surface area contributed by atoms with E-state index in [4.69, 9.17) is 4.74 Å². The van der Waals surface area contributed by atoms with Crippen LogP contribution in [0.5, 0.6) is 0 Å². The van der Waals surface area contributed by atoms with Crippen LogP contribution in [0.25, 0.3) is 9.53 Å². The first kappa shape index (κ1) is 27.5. The van der Waals surface area contributed by atoms with E-state index in [1.165, 1.54) is 28.4 Å². The van der Waals surface area contributed by atoms with Crippen molar-refractivity contribution in [2.24, 2.45) is 26.4 Å². The van der Waals surface area contributed by atoms with E-state index in [1.807, 2.05) is 56.3 Å². The van der Waals surface area contributed by atoms with Crippen LogP contribution in [-0.4, -0.2) is 30.6 Å². The van der Waals surface area contributed by atoms with Gasteiger partial charge in [0.2, 0.25) is 5.13 Å². The Morgan fingerprint density at radius 3 is 2.21 bits per heavy atom. The number of rotatable bonds is 12. The summed E-state index contributed by atoms with van der Waals surface area (Å²) in [6.07, 6.45) is 1.46. The van der Waals surface area contributed by atoms with Crippen LogP contribution < -0.4 is 4.90 Å². The summed E-state index contributed by atoms with van der Waals surface area (Å²) >= 11 is 2.96. The lowest BCUT2D eigenvalue weighted by atomic mass is 10.1. The number of ether oxygens (including phenoxy) is 1. The highest BCUT2D eigenvalue weighted by Crippen LogP contribution is 2.39. The number of fused-ring (bicyclic) bond motifs is 1. The van der Waals surface area contributed by atoms with Gasteiger partial charge >= 0.3 is 5.97 Å². The van der Waals surface area contributed by atoms with Gasteiger partial charge in [0.05, 0.1) is 28.6 Å². The number of azo groups is 2. The minimum absolute atomic E-state index is 0.0581. The number of thiazole rings is 1. The lowest BCUT2D eigenvalue weighted by Crippen LogP contribution is -2.21. The number of hydrogen-bond acceptors (Lipinski definition) is 10. The Bertz CT molecular complexity index is 1360. The smallest absolute Gasteiger partial charge is 0.308 e. The molecule has 4 aromatic rings. The summed E-state index contributed by atoms with van der Waals surface area (Å²) < 4.78 is 6.33. The van der Waals surface area contributed by atoms with Crippen molar-refractivity contribution >= 4 is 65.4 Å². The Kier molecular flexibility index (Phi) is 9.67. The standard InChI is InChI=1S/C28H32N6O2S2/c1-5-19(4)27(35)36-17-16-20-8-10-21(11-9-20)30-32-25-18-24-26(38-25)29-28(37-24)33-31-22-12-14-23(15-13-22)34(6-2)7-3/h8-15,18-19H,5-7,16-17H2,1-4H3. The number of esters is 1. The lowest BCUT2D eigenvalue weighted by Gasteiger charge is -2.20. The van der Waals surface area contributed by atoms with Crippen molar-refractivity contribution in [2.75, 3.05) is 24.6 Å². The number of benzene rings is 2. The van der Waals surface area contributed by atoms with Crippen LogP contribution >= 0.6 is 22.7 Å². The van der Waals surface area contributed by atoms with E-state index < -0.39 is 0 Å². The molecule has 8 nitrogen and oxygen atoms in total. The average molecular weight is 549 g/mol. The molecule has 0 aliphatic carbocycles. The zero-order valence-corrected chi connectivity index (χ0v) is 23.8. The molecular formula is C28H32N6O2S2. The van der Waals surface area contributed by atoms with Crippen molar-refractivity contribution < 1.29 is 9.53 Å². The van der Waals surface area contributed by atoms with Crippen LogP contribution in [0.1, 0.15) is 39.7 Å². The molecule has 38 heavy (non-hydrogen) atoms. The molecule has 198 valence electrons. The topological polar surface area (TPSA) is 91.9 Å². The summed E-state index contributed by atoms with van der Waals surface area (Å²) in [7, 11) is 0. The van der Waals surface area contributed by atoms with E-state index in [0.29, 0.717) is 18.2 Å². The summed E-state index contributed by atoms with van der Waals surface area (Å²) in [6.45, 7) is 10.5.